The van der Waals surface area contributed by atoms with Crippen LogP contribution in [0.4, 0.5) is 9.18 Å². The van der Waals surface area contributed by atoms with Crippen molar-refractivity contribution in [3.63, 3.8) is 0 Å². The molecule has 4 rings (SSSR count). The van der Waals surface area contributed by atoms with Crippen molar-refractivity contribution in [2.24, 2.45) is 0 Å². The second kappa shape index (κ2) is 7.58. The van der Waals surface area contributed by atoms with E-state index in [-0.39, 0.29) is 35.9 Å². The molecule has 1 aromatic heterocycles. The van der Waals surface area contributed by atoms with Crippen LogP contribution in [-0.2, 0) is 0 Å². The average molecular weight is 382 g/mol. The zero-order chi connectivity index (χ0) is 19.7. The van der Waals surface area contributed by atoms with Crippen LogP contribution in [0.3, 0.4) is 0 Å². The number of carbonyl (C=O) groups is 2. The van der Waals surface area contributed by atoms with E-state index in [0.717, 1.165) is 25.7 Å². The standard InChI is InChI=1S/C21H23FN4O2/c1-23-21(28)26-17-6-7-18(26)11-16(10-17)25-20(27)14-5-8-19(24-12-14)13-3-2-4-15(22)9-13/h2-5,8-9,12,16-18H,6-7,10-11H2,1H3,(H,23,28)(H,25,27)/t16-,17-,18+. The van der Waals surface area contributed by atoms with Crippen LogP contribution in [0.15, 0.2) is 42.6 Å². The predicted octanol–water partition coefficient (Wildman–Crippen LogP) is 2.95. The van der Waals surface area contributed by atoms with Crippen molar-refractivity contribution in [1.82, 2.24) is 20.5 Å². The number of piperidine rings is 1. The van der Waals surface area contributed by atoms with Crippen LogP contribution in [0.1, 0.15) is 36.0 Å². The second-order valence-electron chi connectivity index (χ2n) is 7.43. The first-order valence-electron chi connectivity index (χ1n) is 9.58. The number of carbonyl (C=O) groups excluding carboxylic acids is 2. The smallest absolute Gasteiger partial charge is 0.317 e. The lowest BCUT2D eigenvalue weighted by Crippen LogP contribution is -2.54. The first kappa shape index (κ1) is 18.4. The molecule has 2 bridgehead atoms. The summed E-state index contributed by atoms with van der Waals surface area (Å²) >= 11 is 0. The van der Waals surface area contributed by atoms with E-state index in [0.29, 0.717) is 16.8 Å². The Bertz CT molecular complexity index is 872. The summed E-state index contributed by atoms with van der Waals surface area (Å²) in [4.78, 5) is 30.9. The molecule has 2 saturated heterocycles. The lowest BCUT2D eigenvalue weighted by molar-refractivity contribution is 0.0885. The van der Waals surface area contributed by atoms with Gasteiger partial charge in [0.1, 0.15) is 5.82 Å². The highest BCUT2D eigenvalue weighted by molar-refractivity contribution is 5.94. The number of halogens is 1. The Morgan fingerprint density at radius 2 is 1.89 bits per heavy atom. The fourth-order valence-corrected chi connectivity index (χ4v) is 4.37. The number of aromatic nitrogens is 1. The minimum atomic E-state index is -0.321. The summed E-state index contributed by atoms with van der Waals surface area (Å²) in [7, 11) is 1.65. The van der Waals surface area contributed by atoms with Gasteiger partial charge < -0.3 is 15.5 Å². The van der Waals surface area contributed by atoms with Gasteiger partial charge in [0.15, 0.2) is 0 Å². The van der Waals surface area contributed by atoms with Crippen LogP contribution in [0, 0.1) is 5.82 Å². The number of nitrogens with one attached hydrogen (secondary N) is 2. The number of nitrogens with zero attached hydrogens (tertiary/aromatic N) is 2. The lowest BCUT2D eigenvalue weighted by atomic mass is 9.97. The number of hydrogen-bond acceptors (Lipinski definition) is 3. The summed E-state index contributed by atoms with van der Waals surface area (Å²) in [6.07, 6.45) is 5.02. The van der Waals surface area contributed by atoms with E-state index in [9.17, 15) is 14.0 Å². The molecule has 3 atom stereocenters. The van der Waals surface area contributed by atoms with Gasteiger partial charge >= 0.3 is 6.03 Å². The molecular weight excluding hydrogens is 359 g/mol. The number of hydrogen-bond donors (Lipinski definition) is 2. The molecule has 0 aliphatic carbocycles. The Morgan fingerprint density at radius 3 is 2.50 bits per heavy atom. The molecular formula is C21H23FN4O2. The SMILES string of the molecule is CNC(=O)N1[C@@H]2CC[C@H]1C[C@H](NC(=O)c1ccc(-c3cccc(F)c3)nc1)C2. The predicted molar refractivity (Wildman–Crippen MR) is 103 cm³/mol. The van der Waals surface area contributed by atoms with Gasteiger partial charge in [-0.3, -0.25) is 9.78 Å². The highest BCUT2D eigenvalue weighted by Crippen LogP contribution is 2.35. The Morgan fingerprint density at radius 1 is 1.14 bits per heavy atom. The largest absolute Gasteiger partial charge is 0.349 e. The number of pyridine rings is 1. The van der Waals surface area contributed by atoms with E-state index in [2.05, 4.69) is 15.6 Å². The van der Waals surface area contributed by atoms with Gasteiger partial charge in [0.2, 0.25) is 0 Å². The van der Waals surface area contributed by atoms with Crippen LogP contribution in [0.5, 0.6) is 0 Å². The zero-order valence-corrected chi connectivity index (χ0v) is 15.7. The van der Waals surface area contributed by atoms with E-state index in [1.165, 1.54) is 18.3 Å². The van der Waals surface area contributed by atoms with Gasteiger partial charge in [-0.25, -0.2) is 9.18 Å². The molecule has 3 amide bonds. The minimum absolute atomic E-state index is 0.0329. The molecule has 3 heterocycles. The Kier molecular flexibility index (Phi) is 4.98. The van der Waals surface area contributed by atoms with Crippen LogP contribution in [0.25, 0.3) is 11.3 Å². The molecule has 2 aromatic rings. The number of benzene rings is 1. The fourth-order valence-electron chi connectivity index (χ4n) is 4.37. The van der Waals surface area contributed by atoms with E-state index in [1.54, 1.807) is 31.3 Å². The normalized spacial score (nSPS) is 23.4. The molecule has 2 aliphatic rings. The Labute approximate surface area is 163 Å². The van der Waals surface area contributed by atoms with Gasteiger partial charge in [0.25, 0.3) is 5.91 Å². The van der Waals surface area contributed by atoms with Crippen molar-refractivity contribution >= 4 is 11.9 Å². The number of fused-ring (bicyclic) bond motifs is 2. The molecule has 0 unspecified atom stereocenters. The highest BCUT2D eigenvalue weighted by atomic mass is 19.1. The first-order chi connectivity index (χ1) is 13.5. The third kappa shape index (κ3) is 3.56. The van der Waals surface area contributed by atoms with Crippen LogP contribution in [0.2, 0.25) is 0 Å². The van der Waals surface area contributed by atoms with Crippen LogP contribution in [-0.4, -0.2) is 47.0 Å². The molecule has 0 saturated carbocycles. The van der Waals surface area contributed by atoms with Gasteiger partial charge in [-0.15, -0.1) is 0 Å². The average Bonchev–Trinajstić information content (AvgIpc) is 2.98. The zero-order valence-electron chi connectivity index (χ0n) is 15.7. The highest BCUT2D eigenvalue weighted by Gasteiger charge is 2.43. The quantitative estimate of drug-likeness (QED) is 0.857. The lowest BCUT2D eigenvalue weighted by Gasteiger charge is -2.38. The first-order valence-corrected chi connectivity index (χ1v) is 9.58. The molecule has 6 nitrogen and oxygen atoms in total. The summed E-state index contributed by atoms with van der Waals surface area (Å²) in [5.74, 6) is -0.491. The molecule has 146 valence electrons. The fraction of sp³-hybridized carbons (Fsp3) is 0.381. The summed E-state index contributed by atoms with van der Waals surface area (Å²) in [6.45, 7) is 0. The maximum Gasteiger partial charge on any atom is 0.317 e. The topological polar surface area (TPSA) is 74.3 Å². The van der Waals surface area contributed by atoms with Gasteiger partial charge in [0.05, 0.1) is 11.3 Å². The molecule has 1 aromatic carbocycles. The molecule has 2 aliphatic heterocycles. The third-order valence-electron chi connectivity index (χ3n) is 5.66. The number of amides is 3. The van der Waals surface area contributed by atoms with Gasteiger partial charge in [-0.2, -0.15) is 0 Å². The summed E-state index contributed by atoms with van der Waals surface area (Å²) in [6, 6.07) is 10.0. The van der Waals surface area contributed by atoms with Crippen molar-refractivity contribution < 1.29 is 14.0 Å². The van der Waals surface area contributed by atoms with E-state index in [1.807, 2.05) is 4.90 Å². The van der Waals surface area contributed by atoms with Crippen LogP contribution < -0.4 is 10.6 Å². The van der Waals surface area contributed by atoms with Gasteiger partial charge in [-0.05, 0) is 49.9 Å². The number of urea groups is 1. The summed E-state index contributed by atoms with van der Waals surface area (Å²) in [5, 5.41) is 5.79. The van der Waals surface area contributed by atoms with Crippen LogP contribution >= 0.6 is 0 Å². The van der Waals surface area contributed by atoms with E-state index >= 15 is 0 Å². The van der Waals surface area contributed by atoms with Crippen molar-refractivity contribution in [2.45, 2.75) is 43.8 Å². The monoisotopic (exact) mass is 382 g/mol. The van der Waals surface area contributed by atoms with E-state index < -0.39 is 0 Å². The molecule has 7 heteroatoms. The maximum atomic E-state index is 13.4. The van der Waals surface area contributed by atoms with Crippen molar-refractivity contribution in [3.05, 3.63) is 54.0 Å². The molecule has 2 N–H and O–H groups in total. The summed E-state index contributed by atoms with van der Waals surface area (Å²) in [5.41, 5.74) is 1.76. The maximum absolute atomic E-state index is 13.4. The molecule has 0 spiro atoms. The van der Waals surface area contributed by atoms with E-state index in [4.69, 9.17) is 0 Å². The molecule has 2 fully saturated rings. The Balaban J connectivity index is 1.40. The van der Waals surface area contributed by atoms with Crippen molar-refractivity contribution in [2.75, 3.05) is 7.05 Å². The number of rotatable bonds is 3. The summed E-state index contributed by atoms with van der Waals surface area (Å²) < 4.78 is 13.4. The van der Waals surface area contributed by atoms with Crippen molar-refractivity contribution in [3.8, 4) is 11.3 Å². The second-order valence-corrected chi connectivity index (χ2v) is 7.43. The van der Waals surface area contributed by atoms with Crippen molar-refractivity contribution in [1.29, 1.82) is 0 Å². The molecule has 0 radical (unpaired) electrons. The third-order valence-corrected chi connectivity index (χ3v) is 5.66. The van der Waals surface area contributed by atoms with Gasteiger partial charge in [-0.1, -0.05) is 12.1 Å². The van der Waals surface area contributed by atoms with Gasteiger partial charge in [0, 0.05) is 36.9 Å². The minimum Gasteiger partial charge on any atom is -0.349 e. The Hall–Kier alpha value is -2.96. The molecule has 28 heavy (non-hydrogen) atoms.